The van der Waals surface area contributed by atoms with Crippen LogP contribution in [-0.4, -0.2) is 87.7 Å². The molecule has 0 spiro atoms. The van der Waals surface area contributed by atoms with Gasteiger partial charge in [0.1, 0.15) is 22.9 Å². The number of nitrogens with zero attached hydrogens (tertiary/aromatic N) is 10. The molecule has 7 heterocycles. The van der Waals surface area contributed by atoms with E-state index in [-0.39, 0.29) is 6.04 Å². The van der Waals surface area contributed by atoms with Crippen molar-refractivity contribution in [2.24, 2.45) is 14.1 Å². The molecule has 5 aromatic heterocycles. The highest BCUT2D eigenvalue weighted by atomic mass is 16.5. The number of aryl methyl sites for hydroxylation is 1. The highest BCUT2D eigenvalue weighted by Gasteiger charge is 2.24. The molecule has 0 amide bonds. The first-order valence-electron chi connectivity index (χ1n) is 15.1. The van der Waals surface area contributed by atoms with Crippen molar-refractivity contribution in [2.45, 2.75) is 45.8 Å². The SMILES string of the molecule is CC(C)N1CCN(Cc2ccc(-c3nn4c5cc(ncc35)Nc3ccnc(n3)-c3cnn(C)c3OCC[C@@H]4C)n2C)CC1. The molecule has 5 aromatic rings. The van der Waals surface area contributed by atoms with Crippen LogP contribution in [0, 0.1) is 0 Å². The minimum atomic E-state index is 0.0807. The molecule has 1 N–H and O–H groups in total. The molecule has 1 fully saturated rings. The van der Waals surface area contributed by atoms with Crippen LogP contribution in [0.5, 0.6) is 5.88 Å². The molecule has 12 heteroatoms. The van der Waals surface area contributed by atoms with Crippen molar-refractivity contribution >= 4 is 22.5 Å². The van der Waals surface area contributed by atoms with E-state index in [1.165, 1.54) is 5.69 Å². The van der Waals surface area contributed by atoms with Crippen molar-refractivity contribution in [3.05, 3.63) is 48.5 Å². The Labute approximate surface area is 251 Å². The zero-order valence-electron chi connectivity index (χ0n) is 25.5. The average Bonchev–Trinajstić information content (AvgIpc) is 3.68. The smallest absolute Gasteiger partial charge is 0.222 e. The van der Waals surface area contributed by atoms with Gasteiger partial charge in [0.05, 0.1) is 30.1 Å². The van der Waals surface area contributed by atoms with Crippen molar-refractivity contribution in [2.75, 3.05) is 38.1 Å². The molecule has 2 aliphatic heterocycles. The molecule has 43 heavy (non-hydrogen) atoms. The lowest BCUT2D eigenvalue weighted by Crippen LogP contribution is -2.48. The summed E-state index contributed by atoms with van der Waals surface area (Å²) >= 11 is 0. The van der Waals surface area contributed by atoms with Crippen LogP contribution in [0.1, 0.15) is 38.9 Å². The number of nitrogens with one attached hydrogen (secondary N) is 1. The third-order valence-electron chi connectivity index (χ3n) is 8.81. The topological polar surface area (TPSA) is 107 Å². The minimum absolute atomic E-state index is 0.0807. The van der Waals surface area contributed by atoms with E-state index in [0.29, 0.717) is 36.0 Å². The molecule has 12 nitrogen and oxygen atoms in total. The number of anilines is 2. The van der Waals surface area contributed by atoms with E-state index in [9.17, 15) is 0 Å². The molecule has 1 saturated heterocycles. The highest BCUT2D eigenvalue weighted by molar-refractivity contribution is 5.93. The summed E-state index contributed by atoms with van der Waals surface area (Å²) in [5.74, 6) is 2.54. The number of rotatable bonds is 4. The average molecular weight is 582 g/mol. The quantitative estimate of drug-likeness (QED) is 0.334. The molecule has 0 saturated carbocycles. The van der Waals surface area contributed by atoms with Crippen LogP contribution in [0.15, 0.2) is 42.9 Å². The first kappa shape index (κ1) is 27.5. The fourth-order valence-corrected chi connectivity index (χ4v) is 6.13. The third kappa shape index (κ3) is 5.14. The Kier molecular flexibility index (Phi) is 7.10. The van der Waals surface area contributed by atoms with Gasteiger partial charge in [-0.1, -0.05) is 0 Å². The summed E-state index contributed by atoms with van der Waals surface area (Å²) in [6.07, 6.45) is 6.15. The molecule has 7 rings (SSSR count). The molecule has 1 atom stereocenters. The van der Waals surface area contributed by atoms with E-state index >= 15 is 0 Å². The van der Waals surface area contributed by atoms with E-state index in [0.717, 1.165) is 67.0 Å². The minimum Gasteiger partial charge on any atom is -0.477 e. The van der Waals surface area contributed by atoms with Crippen molar-refractivity contribution in [3.63, 3.8) is 0 Å². The van der Waals surface area contributed by atoms with Crippen LogP contribution in [0.4, 0.5) is 11.6 Å². The van der Waals surface area contributed by atoms with Gasteiger partial charge in [0.25, 0.3) is 0 Å². The van der Waals surface area contributed by atoms with Gasteiger partial charge in [-0.3, -0.25) is 14.5 Å². The number of aromatic nitrogens is 8. The number of piperazine rings is 1. The number of fused-ring (bicyclic) bond motifs is 5. The molecule has 0 aromatic carbocycles. The van der Waals surface area contributed by atoms with E-state index < -0.39 is 0 Å². The second-order valence-electron chi connectivity index (χ2n) is 11.9. The lowest BCUT2D eigenvalue weighted by Gasteiger charge is -2.36. The first-order chi connectivity index (χ1) is 20.9. The van der Waals surface area contributed by atoms with Gasteiger partial charge in [-0.2, -0.15) is 10.2 Å². The maximum Gasteiger partial charge on any atom is 0.222 e. The standard InChI is InChI=1S/C31H39N11O/c1-20(2)41-13-11-40(12-14-41)19-22-6-7-25(38(22)4)29-23-17-33-28-16-26(23)42(37-29)21(3)9-15-43-31-24(18-34-39(31)5)30-32-10-8-27(35-28)36-30/h6-8,10,16-18,20-21H,9,11-15,19H2,1-5H3,(H,32,33,35,36)/t21-/m0/s1. The fourth-order valence-electron chi connectivity index (χ4n) is 6.13. The van der Waals surface area contributed by atoms with Gasteiger partial charge in [0.15, 0.2) is 5.82 Å². The Balaban J connectivity index is 1.23. The summed E-state index contributed by atoms with van der Waals surface area (Å²) in [5, 5.41) is 14.0. The van der Waals surface area contributed by atoms with Crippen LogP contribution >= 0.6 is 0 Å². The second kappa shape index (κ2) is 11.1. The zero-order valence-corrected chi connectivity index (χ0v) is 25.5. The number of hydrogen-bond acceptors (Lipinski definition) is 9. The Hall–Kier alpha value is -4.29. The zero-order chi connectivity index (χ0) is 29.7. The van der Waals surface area contributed by atoms with Crippen LogP contribution in [0.25, 0.3) is 33.7 Å². The van der Waals surface area contributed by atoms with E-state index in [1.807, 2.05) is 19.3 Å². The summed E-state index contributed by atoms with van der Waals surface area (Å²) in [6.45, 7) is 12.6. The van der Waals surface area contributed by atoms with Gasteiger partial charge < -0.3 is 14.6 Å². The van der Waals surface area contributed by atoms with Gasteiger partial charge in [0, 0.05) is 88.8 Å². The van der Waals surface area contributed by atoms with Crippen LogP contribution < -0.4 is 10.1 Å². The molecule has 0 aliphatic carbocycles. The monoisotopic (exact) mass is 581 g/mol. The molecule has 224 valence electrons. The van der Waals surface area contributed by atoms with E-state index in [4.69, 9.17) is 19.8 Å². The largest absolute Gasteiger partial charge is 0.477 e. The summed E-state index contributed by atoms with van der Waals surface area (Å²) in [7, 11) is 4.01. The fraction of sp³-hybridized carbons (Fsp3) is 0.452. The molecule has 0 unspecified atom stereocenters. The van der Waals surface area contributed by atoms with E-state index in [1.54, 1.807) is 17.1 Å². The molecule has 4 bridgehead atoms. The van der Waals surface area contributed by atoms with Crippen molar-refractivity contribution in [3.8, 4) is 28.7 Å². The maximum absolute atomic E-state index is 6.26. The van der Waals surface area contributed by atoms with Crippen molar-refractivity contribution in [1.82, 2.24) is 48.9 Å². The predicted octanol–water partition coefficient (Wildman–Crippen LogP) is 4.24. The summed E-state index contributed by atoms with van der Waals surface area (Å²) < 4.78 is 12.4. The van der Waals surface area contributed by atoms with Gasteiger partial charge in [-0.25, -0.2) is 19.6 Å². The Bertz CT molecular complexity index is 1760. The Morgan fingerprint density at radius 3 is 2.67 bits per heavy atom. The van der Waals surface area contributed by atoms with Crippen molar-refractivity contribution < 1.29 is 4.74 Å². The molecule has 2 aliphatic rings. The molecule has 0 radical (unpaired) electrons. The van der Waals surface area contributed by atoms with Gasteiger partial charge in [0.2, 0.25) is 5.88 Å². The normalized spacial score (nSPS) is 18.0. The van der Waals surface area contributed by atoms with Crippen LogP contribution in [0.3, 0.4) is 0 Å². The molecular weight excluding hydrogens is 542 g/mol. The first-order valence-corrected chi connectivity index (χ1v) is 15.1. The summed E-state index contributed by atoms with van der Waals surface area (Å²) in [6, 6.07) is 9.01. The van der Waals surface area contributed by atoms with E-state index in [2.05, 4.69) is 80.5 Å². The third-order valence-corrected chi connectivity index (χ3v) is 8.81. The maximum atomic E-state index is 6.26. The van der Waals surface area contributed by atoms with Crippen LogP contribution in [0.2, 0.25) is 0 Å². The highest BCUT2D eigenvalue weighted by Crippen LogP contribution is 2.34. The second-order valence-corrected chi connectivity index (χ2v) is 11.9. The Morgan fingerprint density at radius 2 is 1.86 bits per heavy atom. The lowest BCUT2D eigenvalue weighted by molar-refractivity contribution is 0.102. The number of hydrogen-bond donors (Lipinski definition) is 1. The molecular formula is C31H39N11O. The lowest BCUT2D eigenvalue weighted by atomic mass is 10.2. The van der Waals surface area contributed by atoms with Gasteiger partial charge in [-0.15, -0.1) is 0 Å². The predicted molar refractivity (Wildman–Crippen MR) is 166 cm³/mol. The number of pyridine rings is 1. The van der Waals surface area contributed by atoms with Gasteiger partial charge >= 0.3 is 0 Å². The summed E-state index contributed by atoms with van der Waals surface area (Å²) in [5.41, 5.74) is 5.07. The Morgan fingerprint density at radius 1 is 1.02 bits per heavy atom. The number of ether oxygens (including phenoxy) is 1. The van der Waals surface area contributed by atoms with Gasteiger partial charge in [-0.05, 0) is 39.0 Å². The van der Waals surface area contributed by atoms with Crippen molar-refractivity contribution in [1.29, 1.82) is 0 Å². The van der Waals surface area contributed by atoms with Crippen LogP contribution in [-0.2, 0) is 20.6 Å². The summed E-state index contributed by atoms with van der Waals surface area (Å²) in [4.78, 5) is 19.1.